The van der Waals surface area contributed by atoms with E-state index >= 15 is 0 Å². The van der Waals surface area contributed by atoms with Crippen molar-refractivity contribution in [1.29, 1.82) is 0 Å². The minimum atomic E-state index is -1.05. The molecule has 1 aliphatic rings. The van der Waals surface area contributed by atoms with Gasteiger partial charge in [0.2, 0.25) is 0 Å². The Bertz CT molecular complexity index is 236. The Kier molecular flexibility index (Phi) is 7.83. The van der Waals surface area contributed by atoms with Gasteiger partial charge < -0.3 is 13.9 Å². The van der Waals surface area contributed by atoms with E-state index in [4.69, 9.17) is 4.43 Å². The third-order valence-electron chi connectivity index (χ3n) is 3.89. The molecule has 5 heteroatoms. The molecule has 1 fully saturated rings. The second kappa shape index (κ2) is 8.57. The number of nitrogens with zero attached hydrogens (tertiary/aromatic N) is 2. The maximum absolute atomic E-state index is 5.71. The molecule has 0 saturated carbocycles. The fourth-order valence-electron chi connectivity index (χ4n) is 2.58. The lowest BCUT2D eigenvalue weighted by atomic mass is 10.3. The maximum atomic E-state index is 5.71. The summed E-state index contributed by atoms with van der Waals surface area (Å²) in [6.45, 7) is 18.1. The lowest BCUT2D eigenvalue weighted by molar-refractivity contribution is 0.181. The Morgan fingerprint density at radius 1 is 1.05 bits per heavy atom. The Balaban J connectivity index is 2.01. The molecule has 1 rings (SSSR count). The highest BCUT2D eigenvalue weighted by Gasteiger charge is 2.27. The lowest BCUT2D eigenvalue weighted by Crippen LogP contribution is -2.56. The fourth-order valence-corrected chi connectivity index (χ4v) is 5.31. The van der Waals surface area contributed by atoms with Crippen LogP contribution in [0.3, 0.4) is 0 Å². The van der Waals surface area contributed by atoms with E-state index in [-0.39, 0.29) is 9.76 Å². The molecular formula is C14H34N2OSi2. The molecule has 0 spiro atoms. The zero-order valence-electron chi connectivity index (χ0n) is 13.7. The number of hydrogen-bond donors (Lipinski definition) is 0. The first kappa shape index (κ1) is 17.4. The summed E-state index contributed by atoms with van der Waals surface area (Å²) in [4.78, 5) is 2.65. The zero-order chi connectivity index (χ0) is 14.3. The van der Waals surface area contributed by atoms with Gasteiger partial charge in [0.05, 0.1) is 0 Å². The highest BCUT2D eigenvalue weighted by atomic mass is 28.3. The van der Waals surface area contributed by atoms with E-state index < -0.39 is 8.24 Å². The standard InChI is InChI=1S/C14H34N2OSi2/c1-14(2)17-18-13-7-6-8-15-9-11-16(12-10-15)19(3,4)5/h14H,6-13,18H2,1-5H3. The normalized spacial score (nSPS) is 19.9. The topological polar surface area (TPSA) is 15.7 Å². The first-order valence-corrected chi connectivity index (χ1v) is 13.0. The molecular weight excluding hydrogens is 268 g/mol. The summed E-state index contributed by atoms with van der Waals surface area (Å²) in [5.74, 6) is 0. The Labute approximate surface area is 123 Å². The van der Waals surface area contributed by atoms with Crippen LogP contribution >= 0.6 is 0 Å². The summed E-state index contributed by atoms with van der Waals surface area (Å²) in [6, 6.07) is 1.35. The highest BCUT2D eigenvalue weighted by molar-refractivity contribution is 6.73. The molecule has 0 atom stereocenters. The van der Waals surface area contributed by atoms with Gasteiger partial charge in [-0.25, -0.2) is 0 Å². The molecule has 0 radical (unpaired) electrons. The molecule has 1 heterocycles. The molecule has 0 bridgehead atoms. The van der Waals surface area contributed by atoms with Gasteiger partial charge in [-0.15, -0.1) is 0 Å². The fraction of sp³-hybridized carbons (Fsp3) is 1.00. The van der Waals surface area contributed by atoms with Crippen molar-refractivity contribution in [3.63, 3.8) is 0 Å². The summed E-state index contributed by atoms with van der Waals surface area (Å²) < 4.78 is 8.45. The largest absolute Gasteiger partial charge is 0.422 e. The zero-order valence-corrected chi connectivity index (χ0v) is 16.2. The van der Waals surface area contributed by atoms with Crippen LogP contribution in [0.15, 0.2) is 0 Å². The molecule has 0 aromatic heterocycles. The van der Waals surface area contributed by atoms with Crippen LogP contribution in [0.5, 0.6) is 0 Å². The van der Waals surface area contributed by atoms with Crippen LogP contribution in [0.4, 0.5) is 0 Å². The quantitative estimate of drug-likeness (QED) is 0.505. The molecule has 0 N–H and O–H groups in total. The van der Waals surface area contributed by atoms with Gasteiger partial charge in [0.15, 0.2) is 9.76 Å². The van der Waals surface area contributed by atoms with E-state index in [2.05, 4.69) is 43.0 Å². The van der Waals surface area contributed by atoms with Gasteiger partial charge in [-0.2, -0.15) is 0 Å². The lowest BCUT2D eigenvalue weighted by Gasteiger charge is -2.41. The second-order valence-corrected chi connectivity index (χ2v) is 13.4. The third-order valence-corrected chi connectivity index (χ3v) is 7.93. The minimum Gasteiger partial charge on any atom is -0.422 e. The number of unbranched alkanes of at least 4 members (excludes halogenated alkanes) is 1. The second-order valence-electron chi connectivity index (χ2n) is 6.98. The highest BCUT2D eigenvalue weighted by Crippen LogP contribution is 2.13. The van der Waals surface area contributed by atoms with Crippen molar-refractivity contribution in [3.05, 3.63) is 0 Å². The van der Waals surface area contributed by atoms with E-state index in [0.29, 0.717) is 6.10 Å². The smallest absolute Gasteiger partial charge is 0.161 e. The van der Waals surface area contributed by atoms with E-state index in [1.165, 1.54) is 51.6 Å². The predicted octanol–water partition coefficient (Wildman–Crippen LogP) is 2.15. The SMILES string of the molecule is CC(C)O[SiH2]CCCCN1CCN([Si](C)(C)C)CC1. The van der Waals surface area contributed by atoms with Crippen LogP contribution in [-0.4, -0.2) is 66.3 Å². The van der Waals surface area contributed by atoms with E-state index in [1.807, 2.05) is 0 Å². The van der Waals surface area contributed by atoms with Crippen molar-refractivity contribution < 1.29 is 4.43 Å². The Morgan fingerprint density at radius 3 is 2.21 bits per heavy atom. The van der Waals surface area contributed by atoms with Gasteiger partial charge >= 0.3 is 0 Å². The van der Waals surface area contributed by atoms with Crippen LogP contribution in [0.1, 0.15) is 26.7 Å². The van der Waals surface area contributed by atoms with E-state index in [9.17, 15) is 0 Å². The summed E-state index contributed by atoms with van der Waals surface area (Å²) in [5.41, 5.74) is 0. The van der Waals surface area contributed by atoms with Crippen molar-refractivity contribution in [2.45, 2.75) is 58.5 Å². The van der Waals surface area contributed by atoms with Crippen molar-refractivity contribution in [2.24, 2.45) is 0 Å². The molecule has 0 aromatic rings. The molecule has 19 heavy (non-hydrogen) atoms. The molecule has 3 nitrogen and oxygen atoms in total. The van der Waals surface area contributed by atoms with Crippen molar-refractivity contribution in [1.82, 2.24) is 9.47 Å². The van der Waals surface area contributed by atoms with Crippen molar-refractivity contribution in [2.75, 3.05) is 32.7 Å². The third kappa shape index (κ3) is 7.61. The first-order valence-electron chi connectivity index (χ1n) is 7.98. The maximum Gasteiger partial charge on any atom is 0.161 e. The predicted molar refractivity (Wildman–Crippen MR) is 90.2 cm³/mol. The van der Waals surface area contributed by atoms with Crippen LogP contribution < -0.4 is 0 Å². The van der Waals surface area contributed by atoms with Crippen molar-refractivity contribution >= 4 is 18.0 Å². The minimum absolute atomic E-state index is 0.233. The van der Waals surface area contributed by atoms with Gasteiger partial charge in [0.1, 0.15) is 8.24 Å². The molecule has 0 amide bonds. The van der Waals surface area contributed by atoms with Crippen LogP contribution in [0.25, 0.3) is 0 Å². The summed E-state index contributed by atoms with van der Waals surface area (Å²) in [5, 5.41) is 0. The van der Waals surface area contributed by atoms with E-state index in [1.54, 1.807) is 0 Å². The van der Waals surface area contributed by atoms with Crippen LogP contribution in [-0.2, 0) is 4.43 Å². The van der Waals surface area contributed by atoms with Gasteiger partial charge in [-0.3, -0.25) is 0 Å². The monoisotopic (exact) mass is 302 g/mol. The molecule has 0 unspecified atom stereocenters. The van der Waals surface area contributed by atoms with Crippen LogP contribution in [0.2, 0.25) is 25.7 Å². The Morgan fingerprint density at radius 2 is 1.68 bits per heavy atom. The molecule has 114 valence electrons. The summed E-state index contributed by atoms with van der Waals surface area (Å²) in [7, 11) is -1.28. The van der Waals surface area contributed by atoms with Gasteiger partial charge in [0.25, 0.3) is 0 Å². The van der Waals surface area contributed by atoms with Gasteiger partial charge in [0, 0.05) is 32.3 Å². The molecule has 1 saturated heterocycles. The van der Waals surface area contributed by atoms with Crippen LogP contribution in [0, 0.1) is 0 Å². The molecule has 1 aliphatic heterocycles. The van der Waals surface area contributed by atoms with Gasteiger partial charge in [-0.1, -0.05) is 26.1 Å². The number of hydrogen-bond acceptors (Lipinski definition) is 3. The Hall–Kier alpha value is 0.314. The van der Waals surface area contributed by atoms with Crippen molar-refractivity contribution in [3.8, 4) is 0 Å². The first-order chi connectivity index (χ1) is 8.89. The van der Waals surface area contributed by atoms with E-state index in [0.717, 1.165) is 0 Å². The van der Waals surface area contributed by atoms with Gasteiger partial charge in [-0.05, 0) is 32.9 Å². The summed E-state index contributed by atoms with van der Waals surface area (Å²) in [6.07, 6.45) is 3.18. The molecule has 0 aromatic carbocycles. The number of rotatable bonds is 8. The number of piperazine rings is 1. The molecule has 0 aliphatic carbocycles. The average Bonchev–Trinajstić information content (AvgIpc) is 2.32. The average molecular weight is 303 g/mol. The summed E-state index contributed by atoms with van der Waals surface area (Å²) >= 11 is 0.